The lowest BCUT2D eigenvalue weighted by Crippen LogP contribution is -2.44. The topological polar surface area (TPSA) is 83.9 Å². The predicted molar refractivity (Wildman–Crippen MR) is 113 cm³/mol. The number of rotatable bonds is 8. The zero-order valence-electron chi connectivity index (χ0n) is 17.3. The van der Waals surface area contributed by atoms with Crippen LogP contribution in [-0.4, -0.2) is 63.1 Å². The van der Waals surface area contributed by atoms with Gasteiger partial charge >= 0.3 is 5.97 Å². The number of aliphatic carboxylic acids is 1. The summed E-state index contributed by atoms with van der Waals surface area (Å²) in [5.41, 5.74) is 0.272. The molecule has 1 amide bonds. The van der Waals surface area contributed by atoms with Gasteiger partial charge in [0.15, 0.2) is 0 Å². The van der Waals surface area contributed by atoms with Gasteiger partial charge in [-0.25, -0.2) is 4.79 Å². The van der Waals surface area contributed by atoms with Crippen LogP contribution >= 0.6 is 23.5 Å². The van der Waals surface area contributed by atoms with Gasteiger partial charge in [0.2, 0.25) is 11.0 Å². The molecule has 6 nitrogen and oxygen atoms in total. The van der Waals surface area contributed by atoms with Crippen LogP contribution in [0.25, 0.3) is 0 Å². The van der Waals surface area contributed by atoms with Crippen LogP contribution in [0, 0.1) is 17.3 Å². The lowest BCUT2D eigenvalue weighted by atomic mass is 9.67. The van der Waals surface area contributed by atoms with Crippen LogP contribution in [-0.2, 0) is 19.1 Å². The fourth-order valence-electron chi connectivity index (χ4n) is 3.79. The molecule has 160 valence electrons. The van der Waals surface area contributed by atoms with Crippen molar-refractivity contribution in [1.29, 1.82) is 0 Å². The maximum absolute atomic E-state index is 12.5. The summed E-state index contributed by atoms with van der Waals surface area (Å²) < 4.78 is 5.88. The van der Waals surface area contributed by atoms with Gasteiger partial charge in [-0.1, -0.05) is 45.9 Å². The Morgan fingerprint density at radius 1 is 1.32 bits per heavy atom. The van der Waals surface area contributed by atoms with E-state index in [4.69, 9.17) is 4.74 Å². The number of hydrogen-bond acceptors (Lipinski definition) is 6. The minimum absolute atomic E-state index is 0.0675. The van der Waals surface area contributed by atoms with Crippen molar-refractivity contribution >= 4 is 40.5 Å². The normalized spacial score (nSPS) is 29.1. The zero-order valence-corrected chi connectivity index (χ0v) is 18.9. The number of amides is 1. The highest BCUT2D eigenvalue weighted by molar-refractivity contribution is 8.13. The standard InChI is InChI=1S/C20H33NO5S2/c1-13(2)20(4)7-5-6-15(8-20)26-9-17(22)28-10-14(3)18(23)21-12-27-11-16(21)19(24)25/h13-16H,5-12H2,1-4H3,(H,24,25). The molecule has 0 aromatic rings. The number of ether oxygens (including phenoxy) is 1. The first-order valence-corrected chi connectivity index (χ1v) is 12.2. The Hall–Kier alpha value is -0.730. The Labute approximate surface area is 176 Å². The van der Waals surface area contributed by atoms with Gasteiger partial charge in [0.25, 0.3) is 0 Å². The Morgan fingerprint density at radius 3 is 2.68 bits per heavy atom. The van der Waals surface area contributed by atoms with Crippen LogP contribution in [0.3, 0.4) is 0 Å². The van der Waals surface area contributed by atoms with Crippen molar-refractivity contribution in [2.45, 2.75) is 65.5 Å². The van der Waals surface area contributed by atoms with Crippen molar-refractivity contribution in [3.8, 4) is 0 Å². The number of carboxylic acid groups (broad SMARTS) is 1. The molecule has 1 aliphatic heterocycles. The smallest absolute Gasteiger partial charge is 0.327 e. The largest absolute Gasteiger partial charge is 0.480 e. The lowest BCUT2D eigenvalue weighted by Gasteiger charge is -2.41. The van der Waals surface area contributed by atoms with Crippen molar-refractivity contribution < 1.29 is 24.2 Å². The van der Waals surface area contributed by atoms with Gasteiger partial charge < -0.3 is 14.7 Å². The van der Waals surface area contributed by atoms with E-state index >= 15 is 0 Å². The Balaban J connectivity index is 1.73. The van der Waals surface area contributed by atoms with Gasteiger partial charge in [-0.3, -0.25) is 9.59 Å². The van der Waals surface area contributed by atoms with Crippen LogP contribution in [0.15, 0.2) is 0 Å². The average Bonchev–Trinajstić information content (AvgIpc) is 3.14. The molecule has 4 unspecified atom stereocenters. The summed E-state index contributed by atoms with van der Waals surface area (Å²) in [5.74, 6) is 0.204. The summed E-state index contributed by atoms with van der Waals surface area (Å²) in [5, 5.41) is 9.15. The second-order valence-electron chi connectivity index (χ2n) is 8.58. The number of carbonyl (C=O) groups excluding carboxylic acids is 2. The van der Waals surface area contributed by atoms with Crippen LogP contribution in [0.1, 0.15) is 53.4 Å². The minimum atomic E-state index is -0.969. The third-order valence-electron chi connectivity index (χ3n) is 6.17. The van der Waals surface area contributed by atoms with E-state index in [0.29, 0.717) is 23.3 Å². The summed E-state index contributed by atoms with van der Waals surface area (Å²) >= 11 is 2.56. The molecule has 1 aliphatic carbocycles. The third kappa shape index (κ3) is 6.13. The molecule has 28 heavy (non-hydrogen) atoms. The fraction of sp³-hybridized carbons (Fsp3) is 0.850. The van der Waals surface area contributed by atoms with E-state index in [1.807, 2.05) is 0 Å². The monoisotopic (exact) mass is 431 g/mol. The van der Waals surface area contributed by atoms with E-state index in [1.54, 1.807) is 6.92 Å². The van der Waals surface area contributed by atoms with E-state index in [1.165, 1.54) is 23.1 Å². The highest BCUT2D eigenvalue weighted by Crippen LogP contribution is 2.42. The molecule has 2 rings (SSSR count). The number of carbonyl (C=O) groups is 3. The summed E-state index contributed by atoms with van der Waals surface area (Å²) in [7, 11) is 0. The van der Waals surface area contributed by atoms with E-state index in [9.17, 15) is 19.5 Å². The number of hydrogen-bond donors (Lipinski definition) is 1. The molecule has 0 radical (unpaired) electrons. The van der Waals surface area contributed by atoms with Crippen LogP contribution in [0.2, 0.25) is 0 Å². The SMILES string of the molecule is CC(CSC(=O)COC1CCCC(C)(C(C)C)C1)C(=O)N1CSCC1C(=O)O. The first-order valence-electron chi connectivity index (χ1n) is 10.0. The summed E-state index contributed by atoms with van der Waals surface area (Å²) in [6.45, 7) is 8.62. The average molecular weight is 432 g/mol. The van der Waals surface area contributed by atoms with E-state index in [-0.39, 0.29) is 29.1 Å². The van der Waals surface area contributed by atoms with Crippen LogP contribution < -0.4 is 0 Å². The van der Waals surface area contributed by atoms with Crippen LogP contribution in [0.5, 0.6) is 0 Å². The molecule has 1 heterocycles. The fourth-order valence-corrected chi connectivity index (χ4v) is 5.67. The van der Waals surface area contributed by atoms with Gasteiger partial charge in [0.05, 0.1) is 12.0 Å². The number of thioether (sulfide) groups is 2. The van der Waals surface area contributed by atoms with E-state index in [2.05, 4.69) is 20.8 Å². The first-order chi connectivity index (χ1) is 13.1. The second-order valence-corrected chi connectivity index (χ2v) is 10.7. The van der Waals surface area contributed by atoms with E-state index < -0.39 is 17.9 Å². The molecule has 4 atom stereocenters. The van der Waals surface area contributed by atoms with Gasteiger partial charge in [-0.05, 0) is 30.6 Å². The lowest BCUT2D eigenvalue weighted by molar-refractivity contribution is -0.148. The molecule has 8 heteroatoms. The second kappa shape index (κ2) is 10.3. The summed E-state index contributed by atoms with van der Waals surface area (Å²) in [4.78, 5) is 37.4. The molecule has 2 fully saturated rings. The Kier molecular flexibility index (Phi) is 8.70. The zero-order chi connectivity index (χ0) is 20.9. The molecule has 0 aromatic heterocycles. The molecule has 0 aromatic carbocycles. The van der Waals surface area contributed by atoms with Gasteiger partial charge in [0, 0.05) is 17.4 Å². The van der Waals surface area contributed by atoms with Crippen LogP contribution in [0.4, 0.5) is 0 Å². The quantitative estimate of drug-likeness (QED) is 0.630. The van der Waals surface area contributed by atoms with Crippen molar-refractivity contribution in [2.75, 3.05) is 24.0 Å². The molecule has 1 saturated carbocycles. The van der Waals surface area contributed by atoms with Gasteiger partial charge in [-0.2, -0.15) is 0 Å². The van der Waals surface area contributed by atoms with Crippen molar-refractivity contribution in [1.82, 2.24) is 4.90 Å². The number of nitrogens with zero attached hydrogens (tertiary/aromatic N) is 1. The highest BCUT2D eigenvalue weighted by atomic mass is 32.2. The van der Waals surface area contributed by atoms with Crippen molar-refractivity contribution in [3.05, 3.63) is 0 Å². The maximum Gasteiger partial charge on any atom is 0.327 e. The number of carboxylic acids is 1. The third-order valence-corrected chi connectivity index (χ3v) is 8.28. The molecule has 2 aliphatic rings. The molecular weight excluding hydrogens is 398 g/mol. The molecule has 0 spiro atoms. The molecule has 1 saturated heterocycles. The minimum Gasteiger partial charge on any atom is -0.480 e. The molecule has 1 N–H and O–H groups in total. The Bertz CT molecular complexity index is 585. The van der Waals surface area contributed by atoms with Gasteiger partial charge in [0.1, 0.15) is 12.6 Å². The predicted octanol–water partition coefficient (Wildman–Crippen LogP) is 3.49. The van der Waals surface area contributed by atoms with Crippen molar-refractivity contribution in [3.63, 3.8) is 0 Å². The summed E-state index contributed by atoms with van der Waals surface area (Å²) in [6.07, 6.45) is 4.45. The first kappa shape index (κ1) is 23.5. The van der Waals surface area contributed by atoms with Gasteiger partial charge in [-0.15, -0.1) is 11.8 Å². The molecular formula is C20H33NO5S2. The molecule has 0 bridgehead atoms. The Morgan fingerprint density at radius 2 is 2.04 bits per heavy atom. The summed E-state index contributed by atoms with van der Waals surface area (Å²) in [6, 6.07) is -0.759. The highest BCUT2D eigenvalue weighted by Gasteiger charge is 2.37. The maximum atomic E-state index is 12.5. The van der Waals surface area contributed by atoms with E-state index in [0.717, 1.165) is 31.0 Å². The van der Waals surface area contributed by atoms with Crippen molar-refractivity contribution in [2.24, 2.45) is 17.3 Å².